The Morgan fingerprint density at radius 2 is 1.85 bits per heavy atom. The molecule has 1 radical (unpaired) electrons. The Labute approximate surface area is 154 Å². The second kappa shape index (κ2) is 12.2. The van der Waals surface area contributed by atoms with Crippen LogP contribution >= 0.6 is 0 Å². The van der Waals surface area contributed by atoms with Crippen LogP contribution in [-0.4, -0.2) is 59.9 Å². The van der Waals surface area contributed by atoms with Gasteiger partial charge in [-0.1, -0.05) is 20.3 Å². The highest BCUT2D eigenvalue weighted by Gasteiger charge is 2.30. The van der Waals surface area contributed by atoms with E-state index in [2.05, 4.69) is 16.0 Å². The fourth-order valence-corrected chi connectivity index (χ4v) is 2.13. The summed E-state index contributed by atoms with van der Waals surface area (Å²) in [4.78, 5) is 35.5. The second-order valence-electron chi connectivity index (χ2n) is 6.31. The molecule has 0 unspecified atom stereocenters. The van der Waals surface area contributed by atoms with Crippen LogP contribution in [0.4, 0.5) is 0 Å². The third-order valence-electron chi connectivity index (χ3n) is 4.04. The van der Waals surface area contributed by atoms with Crippen LogP contribution in [0.15, 0.2) is 0 Å². The lowest BCUT2D eigenvalue weighted by Gasteiger charge is -2.26. The van der Waals surface area contributed by atoms with Gasteiger partial charge in [0.2, 0.25) is 18.1 Å². The Morgan fingerprint density at radius 1 is 1.23 bits per heavy atom. The molecule has 0 spiro atoms. The lowest BCUT2D eigenvalue weighted by molar-refractivity contribution is -0.131. The van der Waals surface area contributed by atoms with Crippen LogP contribution in [0.1, 0.15) is 40.0 Å². The first-order chi connectivity index (χ1) is 12.1. The van der Waals surface area contributed by atoms with Crippen molar-refractivity contribution in [2.45, 2.75) is 64.3 Å². The zero-order valence-electron chi connectivity index (χ0n) is 15.5. The summed E-state index contributed by atoms with van der Waals surface area (Å²) in [7, 11) is 0. The molecule has 0 aromatic rings. The Hall–Kier alpha value is -2.20. The van der Waals surface area contributed by atoms with Crippen molar-refractivity contribution in [1.29, 1.82) is 5.41 Å². The molecule has 0 aromatic carbocycles. The molecule has 26 heavy (non-hydrogen) atoms. The van der Waals surface area contributed by atoms with E-state index in [1.807, 2.05) is 6.92 Å². The van der Waals surface area contributed by atoms with Gasteiger partial charge >= 0.3 is 0 Å². The van der Waals surface area contributed by atoms with Gasteiger partial charge in [0, 0.05) is 6.54 Å². The minimum Gasteiger partial charge on any atom is -0.391 e. The van der Waals surface area contributed by atoms with Gasteiger partial charge in [-0.25, -0.2) is 0 Å². The van der Waals surface area contributed by atoms with Gasteiger partial charge in [-0.2, -0.15) is 0 Å². The van der Waals surface area contributed by atoms with E-state index in [1.165, 1.54) is 6.92 Å². The van der Waals surface area contributed by atoms with Crippen molar-refractivity contribution in [3.8, 4) is 0 Å². The van der Waals surface area contributed by atoms with Crippen LogP contribution in [0.25, 0.3) is 0 Å². The van der Waals surface area contributed by atoms with E-state index >= 15 is 0 Å². The van der Waals surface area contributed by atoms with Gasteiger partial charge in [0.15, 0.2) is 5.96 Å². The van der Waals surface area contributed by atoms with Gasteiger partial charge in [-0.3, -0.25) is 19.8 Å². The fraction of sp³-hybridized carbons (Fsp3) is 0.750. The molecular formula is C16H31N6O4. The molecule has 0 aliphatic carbocycles. The summed E-state index contributed by atoms with van der Waals surface area (Å²) in [5, 5.41) is 24.1. The zero-order valence-corrected chi connectivity index (χ0v) is 15.5. The number of aliphatic hydroxyl groups is 1. The van der Waals surface area contributed by atoms with Crippen molar-refractivity contribution in [3.63, 3.8) is 0 Å². The van der Waals surface area contributed by atoms with Crippen molar-refractivity contribution in [3.05, 3.63) is 0 Å². The van der Waals surface area contributed by atoms with Crippen molar-refractivity contribution >= 4 is 24.1 Å². The van der Waals surface area contributed by atoms with Crippen LogP contribution in [0, 0.1) is 11.3 Å². The first kappa shape index (κ1) is 23.8. The first-order valence-corrected chi connectivity index (χ1v) is 8.63. The van der Waals surface area contributed by atoms with E-state index in [0.717, 1.165) is 0 Å². The minimum atomic E-state index is -1.17. The molecule has 0 saturated carbocycles. The maximum atomic E-state index is 12.4. The molecule has 0 aromatic heterocycles. The number of amides is 2. The molecule has 0 rings (SSSR count). The van der Waals surface area contributed by atoms with Crippen LogP contribution < -0.4 is 27.4 Å². The number of nitrogens with one attached hydrogen (secondary N) is 4. The van der Waals surface area contributed by atoms with E-state index in [0.29, 0.717) is 25.8 Å². The Kier molecular flexibility index (Phi) is 11.2. The Bertz CT molecular complexity index is 485. The number of aliphatic hydroxyl groups excluding tert-OH is 1. The monoisotopic (exact) mass is 371 g/mol. The number of nitrogens with two attached hydrogens (primary N) is 2. The number of hydrogen-bond acceptors (Lipinski definition) is 6. The van der Waals surface area contributed by atoms with E-state index < -0.39 is 36.0 Å². The second-order valence-corrected chi connectivity index (χ2v) is 6.31. The summed E-state index contributed by atoms with van der Waals surface area (Å²) in [6.07, 6.45) is 1.95. The summed E-state index contributed by atoms with van der Waals surface area (Å²) >= 11 is 0. The van der Waals surface area contributed by atoms with Crippen molar-refractivity contribution < 1.29 is 19.5 Å². The smallest absolute Gasteiger partial charge is 0.243 e. The van der Waals surface area contributed by atoms with Gasteiger partial charge in [0.1, 0.15) is 12.1 Å². The molecule has 0 heterocycles. The van der Waals surface area contributed by atoms with Crippen LogP contribution in [0.5, 0.6) is 0 Å². The van der Waals surface area contributed by atoms with E-state index in [1.54, 1.807) is 13.2 Å². The number of rotatable bonds is 12. The molecule has 149 valence electrons. The number of carbonyl (C=O) groups excluding carboxylic acids is 3. The molecule has 10 heteroatoms. The predicted octanol–water partition coefficient (Wildman–Crippen LogP) is -1.92. The van der Waals surface area contributed by atoms with Gasteiger partial charge in [0.25, 0.3) is 0 Å². The largest absolute Gasteiger partial charge is 0.391 e. The zero-order chi connectivity index (χ0) is 20.3. The van der Waals surface area contributed by atoms with Gasteiger partial charge in [-0.05, 0) is 25.7 Å². The summed E-state index contributed by atoms with van der Waals surface area (Å²) in [6.45, 7) is 5.42. The van der Waals surface area contributed by atoms with Crippen LogP contribution in [0.2, 0.25) is 0 Å². The standard InChI is InChI=1S/C16H31N6O4/c1-4-9(2)13(15(26)21-12(8-23)10(3)24)22-14(25)11(17)6-5-7-20-16(18)19/h9-13,24H,4-7,17H2,1-3H3,(H,21,26)(H,22,25)(H4,18,19,20)/t9-,10-,11+,12+,13-/m0/s1. The Balaban J connectivity index is 4.78. The average molecular weight is 371 g/mol. The van der Waals surface area contributed by atoms with Crippen molar-refractivity contribution in [2.75, 3.05) is 6.54 Å². The van der Waals surface area contributed by atoms with Crippen molar-refractivity contribution in [1.82, 2.24) is 16.0 Å². The first-order valence-electron chi connectivity index (χ1n) is 8.63. The molecule has 0 bridgehead atoms. The van der Waals surface area contributed by atoms with Crippen LogP contribution in [-0.2, 0) is 14.4 Å². The molecule has 5 atom stereocenters. The quantitative estimate of drug-likeness (QED) is 0.118. The van der Waals surface area contributed by atoms with E-state index in [9.17, 15) is 19.5 Å². The van der Waals surface area contributed by atoms with E-state index in [4.69, 9.17) is 16.9 Å². The van der Waals surface area contributed by atoms with Gasteiger partial charge in [0.05, 0.1) is 12.1 Å². The summed E-state index contributed by atoms with van der Waals surface area (Å²) in [5.41, 5.74) is 11.0. The molecule has 0 saturated heterocycles. The molecule has 9 N–H and O–H groups in total. The fourth-order valence-electron chi connectivity index (χ4n) is 2.13. The molecular weight excluding hydrogens is 340 g/mol. The third kappa shape index (κ3) is 8.77. The highest BCUT2D eigenvalue weighted by atomic mass is 16.3. The number of guanidine groups is 1. The van der Waals surface area contributed by atoms with E-state index in [-0.39, 0.29) is 11.9 Å². The molecule has 2 amide bonds. The lowest BCUT2D eigenvalue weighted by atomic mass is 9.97. The summed E-state index contributed by atoms with van der Waals surface area (Å²) in [5.74, 6) is -1.42. The molecule has 0 fully saturated rings. The molecule has 0 aliphatic rings. The van der Waals surface area contributed by atoms with Gasteiger partial charge < -0.3 is 32.5 Å². The predicted molar refractivity (Wildman–Crippen MR) is 97.8 cm³/mol. The summed E-state index contributed by atoms with van der Waals surface area (Å²) in [6, 6.07) is -2.88. The van der Waals surface area contributed by atoms with Crippen molar-refractivity contribution in [2.24, 2.45) is 17.4 Å². The third-order valence-corrected chi connectivity index (χ3v) is 4.04. The number of carbonyl (C=O) groups is 2. The summed E-state index contributed by atoms with van der Waals surface area (Å²) < 4.78 is 0. The number of hydrogen-bond donors (Lipinski definition) is 7. The normalized spacial score (nSPS) is 16.5. The maximum Gasteiger partial charge on any atom is 0.243 e. The molecule has 0 aliphatic heterocycles. The average Bonchev–Trinajstić information content (AvgIpc) is 2.59. The van der Waals surface area contributed by atoms with Crippen LogP contribution in [0.3, 0.4) is 0 Å². The highest BCUT2D eigenvalue weighted by Crippen LogP contribution is 2.09. The minimum absolute atomic E-state index is 0.156. The van der Waals surface area contributed by atoms with Gasteiger partial charge in [-0.15, -0.1) is 0 Å². The lowest BCUT2D eigenvalue weighted by Crippen LogP contribution is -2.57. The highest BCUT2D eigenvalue weighted by molar-refractivity contribution is 5.91. The molecule has 10 nitrogen and oxygen atoms in total. The SMILES string of the molecule is CC[C@H](C)[C@H](NC(=O)[C@H](N)CCCNC(=N)N)C(=O)N[C@H]([C]=O)[C@H](C)O. The maximum absolute atomic E-state index is 12.4. The topological polar surface area (TPSA) is 183 Å². The Morgan fingerprint density at radius 3 is 2.31 bits per heavy atom.